The molecule has 1 aliphatic heterocycles. The first-order valence-corrected chi connectivity index (χ1v) is 13.4. The zero-order chi connectivity index (χ0) is 30.2. The summed E-state index contributed by atoms with van der Waals surface area (Å²) >= 11 is 0. The SMILES string of the molecule is Cn1nc2c(=O)n(CC3(O)CCN(C(=O)C[C@H](c4ccc(F)cc4)C(F)(F)F)CC3)cnc2c1-c1ccc(CN)cc1. The summed E-state index contributed by atoms with van der Waals surface area (Å²) in [4.78, 5) is 31.9. The quantitative estimate of drug-likeness (QED) is 0.320. The molecule has 1 fully saturated rings. The minimum atomic E-state index is -4.70. The minimum Gasteiger partial charge on any atom is -0.388 e. The van der Waals surface area contributed by atoms with Gasteiger partial charge in [-0.3, -0.25) is 18.8 Å². The van der Waals surface area contributed by atoms with Crippen molar-refractivity contribution in [3.05, 3.63) is 82.2 Å². The Morgan fingerprint density at radius 1 is 1.07 bits per heavy atom. The van der Waals surface area contributed by atoms with Gasteiger partial charge in [0.15, 0.2) is 5.52 Å². The van der Waals surface area contributed by atoms with Crippen LogP contribution in [0.3, 0.4) is 0 Å². The van der Waals surface area contributed by atoms with Crippen LogP contribution in [0.25, 0.3) is 22.3 Å². The molecule has 0 radical (unpaired) electrons. The summed E-state index contributed by atoms with van der Waals surface area (Å²) in [6.07, 6.45) is -4.08. The van der Waals surface area contributed by atoms with E-state index in [-0.39, 0.29) is 43.6 Å². The fourth-order valence-electron chi connectivity index (χ4n) is 5.40. The van der Waals surface area contributed by atoms with Gasteiger partial charge in [-0.15, -0.1) is 0 Å². The van der Waals surface area contributed by atoms with Gasteiger partial charge in [0, 0.05) is 38.7 Å². The van der Waals surface area contributed by atoms with E-state index in [9.17, 15) is 32.3 Å². The molecule has 42 heavy (non-hydrogen) atoms. The van der Waals surface area contributed by atoms with Crippen molar-refractivity contribution in [1.29, 1.82) is 0 Å². The number of nitrogens with zero attached hydrogens (tertiary/aromatic N) is 5. The fraction of sp³-hybridized carbons (Fsp3) is 0.379. The number of carbonyl (C=O) groups excluding carboxylic acids is 1. The lowest BCUT2D eigenvalue weighted by Crippen LogP contribution is -2.50. The van der Waals surface area contributed by atoms with Crippen LogP contribution in [0.5, 0.6) is 0 Å². The zero-order valence-corrected chi connectivity index (χ0v) is 22.8. The number of rotatable bonds is 7. The Morgan fingerprint density at radius 3 is 2.31 bits per heavy atom. The maximum atomic E-state index is 13.7. The molecule has 1 amide bonds. The van der Waals surface area contributed by atoms with Gasteiger partial charge < -0.3 is 15.7 Å². The second-order valence-electron chi connectivity index (χ2n) is 10.7. The topological polar surface area (TPSA) is 119 Å². The number of aliphatic hydroxyl groups is 1. The molecular weight excluding hydrogens is 556 g/mol. The average Bonchev–Trinajstić information content (AvgIpc) is 3.30. The molecule has 9 nitrogen and oxygen atoms in total. The van der Waals surface area contributed by atoms with Crippen LogP contribution >= 0.6 is 0 Å². The van der Waals surface area contributed by atoms with E-state index in [0.29, 0.717) is 17.8 Å². The Labute approximate surface area is 238 Å². The summed E-state index contributed by atoms with van der Waals surface area (Å²) in [6.45, 7) is 0.309. The van der Waals surface area contributed by atoms with Crippen molar-refractivity contribution < 1.29 is 27.5 Å². The van der Waals surface area contributed by atoms with E-state index in [1.165, 1.54) is 15.8 Å². The van der Waals surface area contributed by atoms with Crippen molar-refractivity contribution in [3.63, 3.8) is 0 Å². The minimum absolute atomic E-state index is 0.0142. The number of fused-ring (bicyclic) bond motifs is 1. The van der Waals surface area contributed by atoms with Gasteiger partial charge in [-0.2, -0.15) is 18.3 Å². The van der Waals surface area contributed by atoms with Gasteiger partial charge in [-0.25, -0.2) is 9.37 Å². The summed E-state index contributed by atoms with van der Waals surface area (Å²) in [5.41, 5.74) is 6.62. The number of alkyl halides is 3. The molecule has 0 saturated carbocycles. The van der Waals surface area contributed by atoms with Crippen LogP contribution in [-0.4, -0.2) is 60.1 Å². The van der Waals surface area contributed by atoms with Gasteiger partial charge >= 0.3 is 6.18 Å². The summed E-state index contributed by atoms with van der Waals surface area (Å²) in [6, 6.07) is 11.4. The Bertz CT molecular complexity index is 1640. The Hall–Kier alpha value is -4.10. The molecule has 2 aromatic heterocycles. The normalized spacial score (nSPS) is 16.1. The molecule has 0 spiro atoms. The molecule has 3 N–H and O–H groups in total. The third-order valence-corrected chi connectivity index (χ3v) is 7.83. The highest BCUT2D eigenvalue weighted by Gasteiger charge is 2.43. The van der Waals surface area contributed by atoms with E-state index in [4.69, 9.17) is 5.73 Å². The van der Waals surface area contributed by atoms with Crippen LogP contribution in [0.2, 0.25) is 0 Å². The largest absolute Gasteiger partial charge is 0.396 e. The highest BCUT2D eigenvalue weighted by molar-refractivity contribution is 5.89. The number of carbonyl (C=O) groups is 1. The number of piperidine rings is 1. The van der Waals surface area contributed by atoms with Gasteiger partial charge in [-0.05, 0) is 36.1 Å². The number of aromatic nitrogens is 4. The average molecular weight is 587 g/mol. The maximum absolute atomic E-state index is 13.7. The van der Waals surface area contributed by atoms with Crippen LogP contribution < -0.4 is 11.3 Å². The first-order chi connectivity index (χ1) is 19.9. The third kappa shape index (κ3) is 5.93. The number of amides is 1. The van der Waals surface area contributed by atoms with Gasteiger partial charge in [0.2, 0.25) is 5.91 Å². The molecule has 2 aromatic carbocycles. The number of nitrogens with two attached hydrogens (primary N) is 1. The summed E-state index contributed by atoms with van der Waals surface area (Å²) < 4.78 is 57.3. The summed E-state index contributed by atoms with van der Waals surface area (Å²) in [5.74, 6) is -3.47. The summed E-state index contributed by atoms with van der Waals surface area (Å²) in [5, 5.41) is 15.6. The summed E-state index contributed by atoms with van der Waals surface area (Å²) in [7, 11) is 1.71. The number of benzene rings is 2. The van der Waals surface area contributed by atoms with Crippen LogP contribution in [-0.2, 0) is 24.9 Å². The van der Waals surface area contributed by atoms with Crippen LogP contribution in [0.15, 0.2) is 59.7 Å². The molecule has 1 aliphatic rings. The molecule has 0 unspecified atom stereocenters. The lowest BCUT2D eigenvalue weighted by atomic mass is 9.89. The van der Waals surface area contributed by atoms with Crippen molar-refractivity contribution in [3.8, 4) is 11.3 Å². The van der Waals surface area contributed by atoms with Gasteiger partial charge in [0.25, 0.3) is 5.56 Å². The molecule has 4 aromatic rings. The smallest absolute Gasteiger partial charge is 0.388 e. The number of halogens is 4. The maximum Gasteiger partial charge on any atom is 0.396 e. The van der Waals surface area contributed by atoms with E-state index < -0.39 is 41.4 Å². The highest BCUT2D eigenvalue weighted by atomic mass is 19.4. The number of likely N-dealkylation sites (tertiary alicyclic amines) is 1. The van der Waals surface area contributed by atoms with Gasteiger partial charge in [0.1, 0.15) is 11.3 Å². The molecule has 0 bridgehead atoms. The Balaban J connectivity index is 1.28. The van der Waals surface area contributed by atoms with E-state index in [0.717, 1.165) is 35.4 Å². The number of aryl methyl sites for hydroxylation is 1. The van der Waals surface area contributed by atoms with Gasteiger partial charge in [0.05, 0.1) is 30.1 Å². The molecule has 1 atom stereocenters. The lowest BCUT2D eigenvalue weighted by molar-refractivity contribution is -0.162. The molecule has 3 heterocycles. The predicted molar refractivity (Wildman–Crippen MR) is 147 cm³/mol. The van der Waals surface area contributed by atoms with E-state index >= 15 is 0 Å². The van der Waals surface area contributed by atoms with E-state index in [1.54, 1.807) is 11.7 Å². The Kier molecular flexibility index (Phi) is 7.90. The fourth-order valence-corrected chi connectivity index (χ4v) is 5.40. The second-order valence-corrected chi connectivity index (χ2v) is 10.7. The first kappa shape index (κ1) is 29.4. The van der Waals surface area contributed by atoms with Crippen molar-refractivity contribution in [2.24, 2.45) is 12.8 Å². The molecule has 1 saturated heterocycles. The molecular formula is C29H30F4N6O3. The first-order valence-electron chi connectivity index (χ1n) is 13.4. The monoisotopic (exact) mass is 586 g/mol. The molecule has 0 aliphatic carbocycles. The molecule has 13 heteroatoms. The van der Waals surface area contributed by atoms with Crippen LogP contribution in [0, 0.1) is 5.82 Å². The highest BCUT2D eigenvalue weighted by Crippen LogP contribution is 2.38. The third-order valence-electron chi connectivity index (χ3n) is 7.83. The van der Waals surface area contributed by atoms with Crippen molar-refractivity contribution in [2.45, 2.75) is 50.0 Å². The predicted octanol–water partition coefficient (Wildman–Crippen LogP) is 3.48. The lowest BCUT2D eigenvalue weighted by Gasteiger charge is -2.39. The van der Waals surface area contributed by atoms with Gasteiger partial charge in [-0.1, -0.05) is 36.4 Å². The van der Waals surface area contributed by atoms with Crippen LogP contribution in [0.4, 0.5) is 17.6 Å². The zero-order valence-electron chi connectivity index (χ0n) is 22.8. The number of hydrogen-bond donors (Lipinski definition) is 2. The van der Waals surface area contributed by atoms with Crippen molar-refractivity contribution in [1.82, 2.24) is 24.2 Å². The molecule has 5 rings (SSSR count). The second kappa shape index (κ2) is 11.3. The van der Waals surface area contributed by atoms with Crippen LogP contribution in [0.1, 0.15) is 36.3 Å². The number of hydrogen-bond acceptors (Lipinski definition) is 6. The standard InChI is InChI=1S/C29H30F4N6O3/c1-37-26(20-4-2-18(15-34)3-5-20)24-25(36-37)27(41)39(17-35-24)16-28(42)10-12-38(13-11-28)23(40)14-22(29(31,32)33)19-6-8-21(30)9-7-19/h2-9,17,22,42H,10-16,34H2,1H3/t22-/m1/s1. The Morgan fingerprint density at radius 2 is 1.71 bits per heavy atom. The molecule has 222 valence electrons. The van der Waals surface area contributed by atoms with Crippen molar-refractivity contribution in [2.75, 3.05) is 13.1 Å². The van der Waals surface area contributed by atoms with E-state index in [2.05, 4.69) is 10.1 Å². The van der Waals surface area contributed by atoms with E-state index in [1.807, 2.05) is 24.3 Å². The van der Waals surface area contributed by atoms with Crippen molar-refractivity contribution >= 4 is 16.9 Å².